The van der Waals surface area contributed by atoms with E-state index >= 15 is 0 Å². The first-order valence-corrected chi connectivity index (χ1v) is 11.3. The molecule has 4 heteroatoms. The van der Waals surface area contributed by atoms with Gasteiger partial charge >= 0.3 is 0 Å². The van der Waals surface area contributed by atoms with Crippen LogP contribution in [0.15, 0.2) is 12.1 Å². The lowest BCUT2D eigenvalue weighted by molar-refractivity contribution is 0.120. The number of benzene rings is 1. The van der Waals surface area contributed by atoms with Crippen molar-refractivity contribution in [3.05, 3.63) is 23.8 Å². The molecule has 0 N–H and O–H groups in total. The summed E-state index contributed by atoms with van der Waals surface area (Å²) in [4.78, 5) is 0. The summed E-state index contributed by atoms with van der Waals surface area (Å²) in [7, 11) is 1.33. The number of ether oxygens (including phenoxy) is 2. The van der Waals surface area contributed by atoms with E-state index in [0.29, 0.717) is 12.5 Å². The van der Waals surface area contributed by atoms with E-state index in [4.69, 9.17) is 9.47 Å². The van der Waals surface area contributed by atoms with Crippen LogP contribution in [0, 0.1) is 35.3 Å². The van der Waals surface area contributed by atoms with Crippen molar-refractivity contribution in [2.45, 2.75) is 77.6 Å². The molecule has 0 saturated heterocycles. The predicted octanol–water partition coefficient (Wildman–Crippen LogP) is 7.16. The van der Waals surface area contributed by atoms with Crippen molar-refractivity contribution in [3.63, 3.8) is 0 Å². The molecule has 1 aromatic carbocycles. The molecular weight excluding hydrogens is 358 g/mol. The van der Waals surface area contributed by atoms with Gasteiger partial charge in [-0.15, -0.1) is 0 Å². The standard InChI is InChI=1S/C24H36F2O2/c1-3-4-5-17-6-10-19(11-7-17)20-12-8-18(9-13-20)16-28-22-15-14-21(27-2)23(25)24(22)26/h14-15,17-20H,3-13,16H2,1-2H3. The van der Waals surface area contributed by atoms with Crippen molar-refractivity contribution in [2.75, 3.05) is 13.7 Å². The zero-order chi connectivity index (χ0) is 19.9. The summed E-state index contributed by atoms with van der Waals surface area (Å²) in [6, 6.07) is 2.88. The van der Waals surface area contributed by atoms with Crippen molar-refractivity contribution in [3.8, 4) is 11.5 Å². The van der Waals surface area contributed by atoms with Crippen LogP contribution in [0.1, 0.15) is 77.6 Å². The molecule has 28 heavy (non-hydrogen) atoms. The summed E-state index contributed by atoms with van der Waals surface area (Å²) in [5.41, 5.74) is 0. The molecule has 0 heterocycles. The molecule has 2 fully saturated rings. The molecule has 0 bridgehead atoms. The molecule has 0 aliphatic heterocycles. The molecular formula is C24H36F2O2. The molecule has 0 spiro atoms. The van der Waals surface area contributed by atoms with Crippen LogP contribution in [0.5, 0.6) is 11.5 Å². The number of rotatable bonds is 8. The van der Waals surface area contributed by atoms with Crippen LogP contribution in [-0.4, -0.2) is 13.7 Å². The van der Waals surface area contributed by atoms with Crippen molar-refractivity contribution in [2.24, 2.45) is 23.7 Å². The van der Waals surface area contributed by atoms with Crippen LogP contribution in [0.2, 0.25) is 0 Å². The molecule has 2 saturated carbocycles. The average molecular weight is 395 g/mol. The maximum Gasteiger partial charge on any atom is 0.204 e. The molecule has 2 nitrogen and oxygen atoms in total. The summed E-state index contributed by atoms with van der Waals surface area (Å²) < 4.78 is 38.3. The summed E-state index contributed by atoms with van der Waals surface area (Å²) in [5.74, 6) is 1.17. The smallest absolute Gasteiger partial charge is 0.204 e. The lowest BCUT2D eigenvalue weighted by Gasteiger charge is -2.38. The third-order valence-corrected chi connectivity index (χ3v) is 7.12. The van der Waals surface area contributed by atoms with Gasteiger partial charge in [-0.25, -0.2) is 0 Å². The van der Waals surface area contributed by atoms with Crippen LogP contribution in [0.4, 0.5) is 8.78 Å². The fraction of sp³-hybridized carbons (Fsp3) is 0.750. The molecule has 0 radical (unpaired) electrons. The van der Waals surface area contributed by atoms with Gasteiger partial charge in [0.25, 0.3) is 0 Å². The number of methoxy groups -OCH3 is 1. The van der Waals surface area contributed by atoms with E-state index in [9.17, 15) is 8.78 Å². The fourth-order valence-corrected chi connectivity index (χ4v) is 5.26. The van der Waals surface area contributed by atoms with Gasteiger partial charge in [-0.2, -0.15) is 8.78 Å². The minimum atomic E-state index is -0.974. The van der Waals surface area contributed by atoms with E-state index in [2.05, 4.69) is 6.92 Å². The lowest BCUT2D eigenvalue weighted by Crippen LogP contribution is -2.27. The van der Waals surface area contributed by atoms with Gasteiger partial charge in [-0.3, -0.25) is 0 Å². The first kappa shape index (κ1) is 21.4. The highest BCUT2D eigenvalue weighted by Crippen LogP contribution is 2.42. The summed E-state index contributed by atoms with van der Waals surface area (Å²) in [6.45, 7) is 2.76. The Morgan fingerprint density at radius 3 is 1.93 bits per heavy atom. The predicted molar refractivity (Wildman–Crippen MR) is 109 cm³/mol. The second-order valence-corrected chi connectivity index (χ2v) is 8.91. The minimum Gasteiger partial charge on any atom is -0.494 e. The van der Waals surface area contributed by atoms with E-state index in [1.54, 1.807) is 0 Å². The maximum atomic E-state index is 14.0. The highest BCUT2D eigenvalue weighted by Gasteiger charge is 2.31. The Morgan fingerprint density at radius 1 is 0.821 bits per heavy atom. The zero-order valence-corrected chi connectivity index (χ0v) is 17.5. The molecule has 3 rings (SSSR count). The average Bonchev–Trinajstić information content (AvgIpc) is 2.74. The van der Waals surface area contributed by atoms with E-state index in [1.165, 1.54) is 77.0 Å². The van der Waals surface area contributed by atoms with Crippen molar-refractivity contribution in [1.29, 1.82) is 0 Å². The van der Waals surface area contributed by atoms with Crippen molar-refractivity contribution < 1.29 is 18.3 Å². The zero-order valence-electron chi connectivity index (χ0n) is 17.5. The number of hydrogen-bond acceptors (Lipinski definition) is 2. The van der Waals surface area contributed by atoms with Gasteiger partial charge in [-0.1, -0.05) is 39.0 Å². The van der Waals surface area contributed by atoms with Gasteiger partial charge in [-0.05, 0) is 74.3 Å². The molecule has 158 valence electrons. The molecule has 0 unspecified atom stereocenters. The third kappa shape index (κ3) is 5.39. The van der Waals surface area contributed by atoms with Crippen LogP contribution < -0.4 is 9.47 Å². The van der Waals surface area contributed by atoms with Gasteiger partial charge in [0.2, 0.25) is 11.6 Å². The molecule has 0 aromatic heterocycles. The number of halogens is 2. The van der Waals surface area contributed by atoms with Gasteiger partial charge in [0, 0.05) is 0 Å². The Bertz CT molecular complexity index is 603. The van der Waals surface area contributed by atoms with E-state index in [0.717, 1.165) is 30.6 Å². The quantitative estimate of drug-likeness (QED) is 0.466. The first-order chi connectivity index (χ1) is 13.6. The Kier molecular flexibility index (Phi) is 7.99. The Labute approximate surface area is 169 Å². The van der Waals surface area contributed by atoms with Crippen molar-refractivity contribution >= 4 is 0 Å². The third-order valence-electron chi connectivity index (χ3n) is 7.12. The van der Waals surface area contributed by atoms with Crippen LogP contribution >= 0.6 is 0 Å². The van der Waals surface area contributed by atoms with E-state index < -0.39 is 11.6 Å². The van der Waals surface area contributed by atoms with Crippen LogP contribution in [-0.2, 0) is 0 Å². The SMILES string of the molecule is CCCCC1CCC(C2CCC(COc3ccc(OC)c(F)c3F)CC2)CC1. The van der Waals surface area contributed by atoms with Gasteiger partial charge in [0.1, 0.15) is 0 Å². The highest BCUT2D eigenvalue weighted by molar-refractivity contribution is 5.34. The van der Waals surface area contributed by atoms with Gasteiger partial charge in [0.05, 0.1) is 13.7 Å². The number of hydrogen-bond donors (Lipinski definition) is 0. The highest BCUT2D eigenvalue weighted by atomic mass is 19.2. The van der Waals surface area contributed by atoms with Gasteiger partial charge in [0.15, 0.2) is 11.5 Å². The monoisotopic (exact) mass is 394 g/mol. The Hall–Kier alpha value is -1.32. The largest absolute Gasteiger partial charge is 0.494 e. The molecule has 2 aliphatic carbocycles. The first-order valence-electron chi connectivity index (χ1n) is 11.3. The summed E-state index contributed by atoms with van der Waals surface area (Å²) in [5, 5.41) is 0. The number of unbranched alkanes of at least 4 members (excludes halogenated alkanes) is 1. The molecule has 0 atom stereocenters. The Morgan fingerprint density at radius 2 is 1.36 bits per heavy atom. The minimum absolute atomic E-state index is 0.00850. The lowest BCUT2D eigenvalue weighted by atomic mass is 9.69. The van der Waals surface area contributed by atoms with Crippen molar-refractivity contribution in [1.82, 2.24) is 0 Å². The summed E-state index contributed by atoms with van der Waals surface area (Å²) in [6.07, 6.45) is 14.6. The fourth-order valence-electron chi connectivity index (χ4n) is 5.26. The van der Waals surface area contributed by atoms with Crippen LogP contribution in [0.3, 0.4) is 0 Å². The molecule has 1 aromatic rings. The second kappa shape index (κ2) is 10.5. The van der Waals surface area contributed by atoms with Crippen LogP contribution in [0.25, 0.3) is 0 Å². The molecule has 0 amide bonds. The maximum absolute atomic E-state index is 14.0. The van der Waals surface area contributed by atoms with E-state index in [1.807, 2.05) is 0 Å². The summed E-state index contributed by atoms with van der Waals surface area (Å²) >= 11 is 0. The second-order valence-electron chi connectivity index (χ2n) is 8.91. The van der Waals surface area contributed by atoms with Gasteiger partial charge < -0.3 is 9.47 Å². The molecule has 2 aliphatic rings. The normalized spacial score (nSPS) is 28.1. The topological polar surface area (TPSA) is 18.5 Å². The Balaban J connectivity index is 1.40. The van der Waals surface area contributed by atoms with E-state index in [-0.39, 0.29) is 11.5 Å².